The second-order valence-corrected chi connectivity index (χ2v) is 10.4. The van der Waals surface area contributed by atoms with Crippen molar-refractivity contribution >= 4 is 39.7 Å². The molecule has 0 radical (unpaired) electrons. The average Bonchev–Trinajstić information content (AvgIpc) is 3.48. The third-order valence-electron chi connectivity index (χ3n) is 8.28. The first-order valence-corrected chi connectivity index (χ1v) is 13.8. The minimum Gasteiger partial charge on any atom is -0.313 e. The molecule has 2 nitrogen and oxygen atoms in total. The number of para-hydroxylation sites is 2. The first-order chi connectivity index (χ1) is 19.2. The van der Waals surface area contributed by atoms with E-state index in [-0.39, 0.29) is 0 Å². The number of benzene rings is 3. The topological polar surface area (TPSA) is 9.86 Å². The van der Waals surface area contributed by atoms with E-state index in [0.29, 0.717) is 5.92 Å². The van der Waals surface area contributed by atoms with Crippen molar-refractivity contribution in [2.75, 3.05) is 0 Å². The number of allylic oxidation sites excluding steroid dienone is 6. The molecule has 0 aliphatic heterocycles. The molecule has 7 rings (SSSR count). The Kier molecular flexibility index (Phi) is 5.71. The second kappa shape index (κ2) is 9.53. The van der Waals surface area contributed by atoms with Crippen molar-refractivity contribution in [3.05, 3.63) is 131 Å². The Morgan fingerprint density at radius 2 is 1.62 bits per heavy atom. The van der Waals surface area contributed by atoms with Gasteiger partial charge < -0.3 is 9.13 Å². The maximum atomic E-state index is 5.55. The standard InChI is InChI=1S/C37H30N2/c1-3-4-14-34-26(2)31-11-5-8-15-35(31)38(34)29-22-18-27(19-23-29)28-20-24-30(25-21-28)39-36-16-9-6-12-32(36)33-13-7-10-17-37(33)39/h1,4-9,11-16,18,20-25,27H,10,17,19H2,2H3/b14-4-. The summed E-state index contributed by atoms with van der Waals surface area (Å²) in [6.07, 6.45) is 24.1. The molecule has 0 saturated heterocycles. The van der Waals surface area contributed by atoms with Crippen LogP contribution in [0.3, 0.4) is 0 Å². The molecule has 2 aliphatic rings. The van der Waals surface area contributed by atoms with E-state index in [1.807, 2.05) is 6.08 Å². The Morgan fingerprint density at radius 1 is 0.872 bits per heavy atom. The van der Waals surface area contributed by atoms with Crippen molar-refractivity contribution in [2.45, 2.75) is 32.1 Å². The summed E-state index contributed by atoms with van der Waals surface area (Å²) in [6.45, 7) is 2.17. The van der Waals surface area contributed by atoms with Gasteiger partial charge in [0.1, 0.15) is 0 Å². The summed E-state index contributed by atoms with van der Waals surface area (Å²) in [6, 6.07) is 26.5. The summed E-state index contributed by atoms with van der Waals surface area (Å²) < 4.78 is 4.79. The van der Waals surface area contributed by atoms with Crippen LogP contribution in [0.4, 0.5) is 0 Å². The number of aromatic nitrogens is 2. The van der Waals surface area contributed by atoms with Crippen LogP contribution in [0.15, 0.2) is 103 Å². The lowest BCUT2D eigenvalue weighted by Gasteiger charge is -2.20. The number of nitrogens with zero attached hydrogens (tertiary/aromatic N) is 2. The molecule has 1 atom stereocenters. The van der Waals surface area contributed by atoms with Gasteiger partial charge in [0, 0.05) is 39.3 Å². The van der Waals surface area contributed by atoms with Gasteiger partial charge in [-0.1, -0.05) is 78.8 Å². The fraction of sp³-hybridized carbons (Fsp3) is 0.135. The van der Waals surface area contributed by atoms with Gasteiger partial charge in [-0.15, -0.1) is 6.42 Å². The quantitative estimate of drug-likeness (QED) is 0.217. The van der Waals surface area contributed by atoms with E-state index in [9.17, 15) is 0 Å². The number of terminal acetylenes is 1. The molecule has 2 heterocycles. The largest absolute Gasteiger partial charge is 0.313 e. The van der Waals surface area contributed by atoms with Crippen molar-refractivity contribution in [1.82, 2.24) is 9.13 Å². The van der Waals surface area contributed by atoms with Crippen molar-refractivity contribution in [3.8, 4) is 18.0 Å². The van der Waals surface area contributed by atoms with Crippen LogP contribution in [0.5, 0.6) is 0 Å². The molecule has 188 valence electrons. The number of fused-ring (bicyclic) bond motifs is 4. The highest BCUT2D eigenvalue weighted by Gasteiger charge is 2.20. The van der Waals surface area contributed by atoms with Gasteiger partial charge in [0.2, 0.25) is 0 Å². The van der Waals surface area contributed by atoms with E-state index in [1.54, 1.807) is 6.08 Å². The zero-order chi connectivity index (χ0) is 26.3. The van der Waals surface area contributed by atoms with Crippen LogP contribution < -0.4 is 0 Å². The average molecular weight is 503 g/mol. The van der Waals surface area contributed by atoms with Gasteiger partial charge >= 0.3 is 0 Å². The number of hydrogen-bond acceptors (Lipinski definition) is 0. The lowest BCUT2D eigenvalue weighted by Crippen LogP contribution is -2.05. The second-order valence-electron chi connectivity index (χ2n) is 10.4. The molecule has 0 N–H and O–H groups in total. The molecule has 2 aromatic heterocycles. The third-order valence-corrected chi connectivity index (χ3v) is 8.28. The van der Waals surface area contributed by atoms with Crippen LogP contribution in [-0.4, -0.2) is 9.13 Å². The molecule has 2 aliphatic carbocycles. The molecule has 0 fully saturated rings. The van der Waals surface area contributed by atoms with Crippen LogP contribution in [0.25, 0.3) is 45.3 Å². The van der Waals surface area contributed by atoms with Gasteiger partial charge in [-0.25, -0.2) is 0 Å². The van der Waals surface area contributed by atoms with Crippen LogP contribution in [0.2, 0.25) is 0 Å². The lowest BCUT2D eigenvalue weighted by atomic mass is 9.91. The molecule has 5 aromatic rings. The molecular formula is C37H30N2. The molecule has 3 aromatic carbocycles. The Balaban J connectivity index is 1.20. The maximum Gasteiger partial charge on any atom is 0.0537 e. The van der Waals surface area contributed by atoms with E-state index in [2.05, 4.69) is 125 Å². The fourth-order valence-electron chi connectivity index (χ4n) is 6.38. The van der Waals surface area contributed by atoms with Gasteiger partial charge in [-0.3, -0.25) is 0 Å². The van der Waals surface area contributed by atoms with Gasteiger partial charge in [-0.2, -0.15) is 0 Å². The van der Waals surface area contributed by atoms with Gasteiger partial charge in [0.15, 0.2) is 0 Å². The molecule has 0 bridgehead atoms. The van der Waals surface area contributed by atoms with Crippen molar-refractivity contribution in [2.24, 2.45) is 0 Å². The molecule has 0 saturated carbocycles. The zero-order valence-corrected chi connectivity index (χ0v) is 22.1. The van der Waals surface area contributed by atoms with Crippen molar-refractivity contribution < 1.29 is 0 Å². The minimum absolute atomic E-state index is 0.355. The highest BCUT2D eigenvalue weighted by molar-refractivity contribution is 5.94. The van der Waals surface area contributed by atoms with Gasteiger partial charge in [0.25, 0.3) is 0 Å². The van der Waals surface area contributed by atoms with Gasteiger partial charge in [-0.05, 0) is 79.8 Å². The van der Waals surface area contributed by atoms with E-state index in [4.69, 9.17) is 6.42 Å². The van der Waals surface area contributed by atoms with E-state index < -0.39 is 0 Å². The van der Waals surface area contributed by atoms with Crippen LogP contribution >= 0.6 is 0 Å². The monoisotopic (exact) mass is 502 g/mol. The van der Waals surface area contributed by atoms with E-state index >= 15 is 0 Å². The molecular weight excluding hydrogens is 472 g/mol. The Hall–Kier alpha value is -4.74. The minimum atomic E-state index is 0.355. The summed E-state index contributed by atoms with van der Waals surface area (Å²) in [4.78, 5) is 0. The maximum absolute atomic E-state index is 5.55. The summed E-state index contributed by atoms with van der Waals surface area (Å²) in [7, 11) is 0. The Bertz CT molecular complexity index is 1890. The van der Waals surface area contributed by atoms with Crippen LogP contribution in [0, 0.1) is 19.3 Å². The first kappa shape index (κ1) is 23.4. The Labute approximate surface area is 229 Å². The van der Waals surface area contributed by atoms with Crippen molar-refractivity contribution in [3.63, 3.8) is 0 Å². The highest BCUT2D eigenvalue weighted by atomic mass is 15.0. The number of aryl methyl sites for hydroxylation is 1. The third kappa shape index (κ3) is 3.82. The zero-order valence-electron chi connectivity index (χ0n) is 22.1. The summed E-state index contributed by atoms with van der Waals surface area (Å²) >= 11 is 0. The highest BCUT2D eigenvalue weighted by Crippen LogP contribution is 2.36. The van der Waals surface area contributed by atoms with Crippen LogP contribution in [0.1, 0.15) is 46.8 Å². The first-order valence-electron chi connectivity index (χ1n) is 13.8. The molecule has 0 spiro atoms. The summed E-state index contributed by atoms with van der Waals surface area (Å²) in [5.41, 5.74) is 11.5. The van der Waals surface area contributed by atoms with Crippen LogP contribution in [-0.2, 0) is 6.42 Å². The van der Waals surface area contributed by atoms with E-state index in [0.717, 1.165) is 25.0 Å². The number of hydrogen-bond donors (Lipinski definition) is 0. The molecule has 0 amide bonds. The predicted octanol–water partition coefficient (Wildman–Crippen LogP) is 9.08. The SMILES string of the molecule is C#C/C=C\c1c(C)c2ccccc2n1C1=CCC(c2ccc(-n3c4c(c5ccccc53)C=CCC4)cc2)C=C1. The fourth-order valence-corrected chi connectivity index (χ4v) is 6.38. The normalized spacial score (nSPS) is 16.6. The predicted molar refractivity (Wildman–Crippen MR) is 166 cm³/mol. The smallest absolute Gasteiger partial charge is 0.0537 e. The molecule has 1 unspecified atom stereocenters. The van der Waals surface area contributed by atoms with E-state index in [1.165, 1.54) is 55.6 Å². The molecule has 2 heteroatoms. The summed E-state index contributed by atoms with van der Waals surface area (Å²) in [5.74, 6) is 3.01. The van der Waals surface area contributed by atoms with Crippen molar-refractivity contribution in [1.29, 1.82) is 0 Å². The lowest BCUT2D eigenvalue weighted by molar-refractivity contribution is 0.845. The molecule has 39 heavy (non-hydrogen) atoms. The van der Waals surface area contributed by atoms with Gasteiger partial charge in [0.05, 0.1) is 16.7 Å². The Morgan fingerprint density at radius 3 is 2.36 bits per heavy atom. The summed E-state index contributed by atoms with van der Waals surface area (Å²) in [5, 5.41) is 2.60. The number of rotatable bonds is 4.